The minimum absolute atomic E-state index is 0.540. The van der Waals surface area contributed by atoms with E-state index in [1.54, 1.807) is 0 Å². The number of rotatable bonds is 3. The maximum atomic E-state index is 13.0. The molecule has 0 bridgehead atoms. The van der Waals surface area contributed by atoms with Gasteiger partial charge < -0.3 is 10.5 Å². The van der Waals surface area contributed by atoms with Gasteiger partial charge >= 0.3 is 6.61 Å². The number of nitro groups is 1. The van der Waals surface area contributed by atoms with Crippen molar-refractivity contribution in [3.63, 3.8) is 0 Å². The van der Waals surface area contributed by atoms with Crippen LogP contribution >= 0.6 is 0 Å². The fourth-order valence-electron chi connectivity index (χ4n) is 0.891. The molecule has 82 valence electrons. The second-order valence-electron chi connectivity index (χ2n) is 2.48. The van der Waals surface area contributed by atoms with E-state index >= 15 is 0 Å². The first-order valence-electron chi connectivity index (χ1n) is 3.60. The van der Waals surface area contributed by atoms with E-state index in [2.05, 4.69) is 4.74 Å². The standard InChI is InChI=1S/C7H5F3N2O3/c8-6-4(11)1-3(12(13)14)2-5(6)15-7(9)10/h1-2,7H,11H2. The first kappa shape index (κ1) is 11.1. The molecule has 8 heteroatoms. The number of benzene rings is 1. The number of nitro benzene ring substituents is 1. The summed E-state index contributed by atoms with van der Waals surface area (Å²) in [7, 11) is 0. The fraction of sp³-hybridized carbons (Fsp3) is 0.143. The summed E-state index contributed by atoms with van der Waals surface area (Å²) in [5.41, 5.74) is 3.78. The smallest absolute Gasteiger partial charge is 0.387 e. The summed E-state index contributed by atoms with van der Waals surface area (Å²) in [4.78, 5) is 9.39. The average molecular weight is 222 g/mol. The van der Waals surface area contributed by atoms with Crippen LogP contribution in [0, 0.1) is 15.9 Å². The third kappa shape index (κ3) is 2.48. The molecule has 1 aromatic carbocycles. The predicted molar refractivity (Wildman–Crippen MR) is 44.1 cm³/mol. The van der Waals surface area contributed by atoms with Crippen LogP contribution in [0.25, 0.3) is 0 Å². The summed E-state index contributed by atoms with van der Waals surface area (Å²) in [6, 6.07) is 1.26. The van der Waals surface area contributed by atoms with Crippen LogP contribution in [0.1, 0.15) is 0 Å². The van der Waals surface area contributed by atoms with E-state index in [0.29, 0.717) is 12.1 Å². The molecular weight excluding hydrogens is 217 g/mol. The van der Waals surface area contributed by atoms with E-state index in [4.69, 9.17) is 5.73 Å². The van der Waals surface area contributed by atoms with Gasteiger partial charge in [-0.1, -0.05) is 0 Å². The lowest BCUT2D eigenvalue weighted by atomic mass is 10.2. The molecule has 0 radical (unpaired) electrons. The van der Waals surface area contributed by atoms with Crippen molar-refractivity contribution in [2.24, 2.45) is 0 Å². The quantitative estimate of drug-likeness (QED) is 0.481. The molecule has 0 aliphatic rings. The van der Waals surface area contributed by atoms with Crippen molar-refractivity contribution in [1.29, 1.82) is 0 Å². The summed E-state index contributed by atoms with van der Waals surface area (Å²) in [5, 5.41) is 10.3. The van der Waals surface area contributed by atoms with E-state index in [1.807, 2.05) is 0 Å². The van der Waals surface area contributed by atoms with E-state index in [-0.39, 0.29) is 0 Å². The second-order valence-corrected chi connectivity index (χ2v) is 2.48. The summed E-state index contributed by atoms with van der Waals surface area (Å²) >= 11 is 0. The van der Waals surface area contributed by atoms with Crippen LogP contribution in [0.3, 0.4) is 0 Å². The monoisotopic (exact) mass is 222 g/mol. The van der Waals surface area contributed by atoms with E-state index in [0.717, 1.165) is 0 Å². The Balaban J connectivity index is 3.19. The highest BCUT2D eigenvalue weighted by Gasteiger charge is 2.18. The van der Waals surface area contributed by atoms with Gasteiger partial charge in [0, 0.05) is 6.07 Å². The maximum absolute atomic E-state index is 13.0. The Labute approximate surface area is 81.4 Å². The molecule has 1 aromatic rings. The van der Waals surface area contributed by atoms with Crippen LogP contribution < -0.4 is 10.5 Å². The van der Waals surface area contributed by atoms with Crippen molar-refractivity contribution in [2.45, 2.75) is 6.61 Å². The molecule has 0 unspecified atom stereocenters. The van der Waals surface area contributed by atoms with Gasteiger partial charge in [0.15, 0.2) is 11.6 Å². The number of hydrogen-bond donors (Lipinski definition) is 1. The largest absolute Gasteiger partial charge is 0.431 e. The predicted octanol–water partition coefficient (Wildman–Crippen LogP) is 1.92. The highest BCUT2D eigenvalue weighted by molar-refractivity contribution is 5.54. The number of hydrogen-bond acceptors (Lipinski definition) is 4. The molecule has 5 nitrogen and oxygen atoms in total. The lowest BCUT2D eigenvalue weighted by Crippen LogP contribution is -2.06. The molecule has 0 saturated heterocycles. The van der Waals surface area contributed by atoms with Crippen molar-refractivity contribution in [3.05, 3.63) is 28.1 Å². The lowest BCUT2D eigenvalue weighted by Gasteiger charge is -2.06. The highest BCUT2D eigenvalue weighted by Crippen LogP contribution is 2.29. The van der Waals surface area contributed by atoms with E-state index in [9.17, 15) is 23.3 Å². The lowest BCUT2D eigenvalue weighted by molar-refractivity contribution is -0.384. The first-order valence-corrected chi connectivity index (χ1v) is 3.60. The summed E-state index contributed by atoms with van der Waals surface area (Å²) in [6.45, 7) is -3.28. The molecular formula is C7H5F3N2O3. The second kappa shape index (κ2) is 4.03. The highest BCUT2D eigenvalue weighted by atomic mass is 19.3. The van der Waals surface area contributed by atoms with Crippen LogP contribution in [-0.4, -0.2) is 11.5 Å². The third-order valence-electron chi connectivity index (χ3n) is 1.48. The van der Waals surface area contributed by atoms with E-state index in [1.165, 1.54) is 0 Å². The van der Waals surface area contributed by atoms with Crippen LogP contribution in [0.15, 0.2) is 12.1 Å². The van der Waals surface area contributed by atoms with Gasteiger partial charge in [0.2, 0.25) is 0 Å². The van der Waals surface area contributed by atoms with Gasteiger partial charge in [-0.2, -0.15) is 8.78 Å². The van der Waals surface area contributed by atoms with Gasteiger partial charge in [-0.05, 0) is 0 Å². The first-order chi connectivity index (χ1) is 6.91. The van der Waals surface area contributed by atoms with Crippen LogP contribution in [-0.2, 0) is 0 Å². The molecule has 0 aromatic heterocycles. The number of ether oxygens (including phenoxy) is 1. The van der Waals surface area contributed by atoms with Crippen LogP contribution in [0.4, 0.5) is 24.5 Å². The Morgan fingerprint density at radius 3 is 2.53 bits per heavy atom. The van der Waals surface area contributed by atoms with Crippen molar-refractivity contribution in [2.75, 3.05) is 5.73 Å². The Bertz CT molecular complexity index is 397. The average Bonchev–Trinajstić information content (AvgIpc) is 2.11. The number of nitrogen functional groups attached to an aromatic ring is 1. The SMILES string of the molecule is Nc1cc([N+](=O)[O-])cc(OC(F)F)c1F. The zero-order valence-electron chi connectivity index (χ0n) is 7.12. The molecule has 2 N–H and O–H groups in total. The Kier molecular flexibility index (Phi) is 2.98. The van der Waals surface area contributed by atoms with Gasteiger partial charge in [-0.3, -0.25) is 10.1 Å². The molecule has 0 aliphatic carbocycles. The number of non-ortho nitro benzene ring substituents is 1. The van der Waals surface area contributed by atoms with Crippen molar-refractivity contribution in [1.82, 2.24) is 0 Å². The van der Waals surface area contributed by atoms with Crippen LogP contribution in [0.2, 0.25) is 0 Å². The van der Waals surface area contributed by atoms with Gasteiger partial charge in [-0.15, -0.1) is 0 Å². The van der Waals surface area contributed by atoms with Gasteiger partial charge in [0.05, 0.1) is 16.7 Å². The summed E-state index contributed by atoms with van der Waals surface area (Å²) in [6.07, 6.45) is 0. The Morgan fingerprint density at radius 2 is 2.07 bits per heavy atom. The fourth-order valence-corrected chi connectivity index (χ4v) is 0.891. The minimum Gasteiger partial charge on any atom is -0.431 e. The number of alkyl halides is 2. The van der Waals surface area contributed by atoms with Crippen LogP contribution in [0.5, 0.6) is 5.75 Å². The zero-order chi connectivity index (χ0) is 11.6. The molecule has 15 heavy (non-hydrogen) atoms. The van der Waals surface area contributed by atoms with Gasteiger partial charge in [-0.25, -0.2) is 4.39 Å². The van der Waals surface area contributed by atoms with Gasteiger partial charge in [0.25, 0.3) is 5.69 Å². The van der Waals surface area contributed by atoms with Crippen molar-refractivity contribution < 1.29 is 22.8 Å². The normalized spacial score (nSPS) is 10.4. The Morgan fingerprint density at radius 1 is 1.47 bits per heavy atom. The molecule has 0 fully saturated rings. The Hall–Kier alpha value is -1.99. The molecule has 0 heterocycles. The topological polar surface area (TPSA) is 78.4 Å². The molecule has 0 amide bonds. The zero-order valence-corrected chi connectivity index (χ0v) is 7.12. The number of anilines is 1. The summed E-state index contributed by atoms with van der Waals surface area (Å²) < 4.78 is 40.3. The van der Waals surface area contributed by atoms with Gasteiger partial charge in [0.1, 0.15) is 0 Å². The molecule has 0 saturated carbocycles. The maximum Gasteiger partial charge on any atom is 0.387 e. The number of halogens is 3. The number of nitrogens with zero attached hydrogens (tertiary/aromatic N) is 1. The number of nitrogens with two attached hydrogens (primary N) is 1. The molecule has 1 rings (SSSR count). The molecule has 0 spiro atoms. The molecule has 0 atom stereocenters. The third-order valence-corrected chi connectivity index (χ3v) is 1.48. The molecule has 0 aliphatic heterocycles. The van der Waals surface area contributed by atoms with E-state index < -0.39 is 34.5 Å². The van der Waals surface area contributed by atoms with Crippen molar-refractivity contribution in [3.8, 4) is 5.75 Å². The van der Waals surface area contributed by atoms with Crippen molar-refractivity contribution >= 4 is 11.4 Å². The minimum atomic E-state index is -3.28. The summed E-state index contributed by atoms with van der Waals surface area (Å²) in [5.74, 6) is -2.20.